The predicted octanol–water partition coefficient (Wildman–Crippen LogP) is -1.69. The molecular formula is C11H21NO7. The summed E-state index contributed by atoms with van der Waals surface area (Å²) in [7, 11) is 0. The van der Waals surface area contributed by atoms with Crippen LogP contribution in [0.3, 0.4) is 0 Å². The van der Waals surface area contributed by atoms with Crippen molar-refractivity contribution in [1.29, 1.82) is 0 Å². The van der Waals surface area contributed by atoms with E-state index in [1.807, 2.05) is 6.92 Å². The first-order chi connectivity index (χ1) is 9.01. The molecule has 8 nitrogen and oxygen atoms in total. The summed E-state index contributed by atoms with van der Waals surface area (Å²) < 4.78 is 9.90. The fraction of sp³-hybridized carbons (Fsp3) is 0.909. The monoisotopic (exact) mass is 279 g/mol. The third kappa shape index (κ3) is 4.29. The van der Waals surface area contributed by atoms with Crippen LogP contribution in [0.5, 0.6) is 0 Å². The van der Waals surface area contributed by atoms with Gasteiger partial charge in [-0.15, -0.1) is 0 Å². The Morgan fingerprint density at radius 3 is 2.53 bits per heavy atom. The van der Waals surface area contributed by atoms with Crippen LogP contribution in [0.25, 0.3) is 0 Å². The first-order valence-corrected chi connectivity index (χ1v) is 6.25. The van der Waals surface area contributed by atoms with Gasteiger partial charge in [0.25, 0.3) is 0 Å². The zero-order chi connectivity index (χ0) is 14.4. The molecule has 1 saturated heterocycles. The third-order valence-electron chi connectivity index (χ3n) is 2.88. The van der Waals surface area contributed by atoms with E-state index in [1.165, 1.54) is 0 Å². The zero-order valence-corrected chi connectivity index (χ0v) is 10.7. The maximum Gasteiger partial charge on any atom is 0.409 e. The van der Waals surface area contributed by atoms with Crippen molar-refractivity contribution in [2.24, 2.45) is 0 Å². The Labute approximate surface area is 110 Å². The molecule has 0 bridgehead atoms. The van der Waals surface area contributed by atoms with Crippen LogP contribution >= 0.6 is 0 Å². The van der Waals surface area contributed by atoms with Crippen LogP contribution in [-0.2, 0) is 9.47 Å². The van der Waals surface area contributed by atoms with Gasteiger partial charge >= 0.3 is 6.09 Å². The Morgan fingerprint density at radius 1 is 1.26 bits per heavy atom. The summed E-state index contributed by atoms with van der Waals surface area (Å²) in [5.41, 5.74) is 0. The minimum absolute atomic E-state index is 0.236. The van der Waals surface area contributed by atoms with Gasteiger partial charge in [0.05, 0.1) is 13.2 Å². The van der Waals surface area contributed by atoms with Gasteiger partial charge in [-0.2, -0.15) is 0 Å². The van der Waals surface area contributed by atoms with E-state index in [0.29, 0.717) is 6.42 Å². The van der Waals surface area contributed by atoms with Gasteiger partial charge in [-0.1, -0.05) is 13.3 Å². The molecule has 1 heterocycles. The number of hydrogen-bond acceptors (Lipinski definition) is 7. The van der Waals surface area contributed by atoms with Crippen molar-refractivity contribution >= 4 is 6.09 Å². The maximum absolute atomic E-state index is 11.4. The highest BCUT2D eigenvalue weighted by Gasteiger charge is 2.44. The SMILES string of the molecule is CCCCOC(=O)N[C@H]1O[C@@H](CO)[C@@H](O)[C@@H](O)[C@@H]1O. The van der Waals surface area contributed by atoms with Gasteiger partial charge in [0.15, 0.2) is 6.23 Å². The number of carbonyl (C=O) groups excluding carboxylic acids is 1. The van der Waals surface area contributed by atoms with Gasteiger partial charge in [-0.05, 0) is 6.42 Å². The molecule has 0 radical (unpaired) electrons. The molecule has 0 spiro atoms. The highest BCUT2D eigenvalue weighted by atomic mass is 16.6. The van der Waals surface area contributed by atoms with Crippen LogP contribution in [0, 0.1) is 0 Å². The number of hydrogen-bond donors (Lipinski definition) is 5. The fourth-order valence-corrected chi connectivity index (χ4v) is 1.69. The fourth-order valence-electron chi connectivity index (χ4n) is 1.69. The number of nitrogens with one attached hydrogen (secondary N) is 1. The molecule has 1 aliphatic rings. The number of rotatable bonds is 5. The Bertz CT molecular complexity index is 286. The first-order valence-electron chi connectivity index (χ1n) is 6.25. The standard InChI is InChI=1S/C11H21NO7/c1-2-3-4-18-11(17)12-10-9(16)8(15)7(14)6(5-13)19-10/h6-10,13-16H,2-5H2,1H3,(H,12,17)/t6-,7+,8+,9-,10-/m0/s1. The molecule has 112 valence electrons. The van der Waals surface area contributed by atoms with Gasteiger partial charge in [0, 0.05) is 0 Å². The molecule has 1 amide bonds. The van der Waals surface area contributed by atoms with E-state index in [-0.39, 0.29) is 6.61 Å². The summed E-state index contributed by atoms with van der Waals surface area (Å²) in [6, 6.07) is 0. The summed E-state index contributed by atoms with van der Waals surface area (Å²) >= 11 is 0. The van der Waals surface area contributed by atoms with Gasteiger partial charge in [0.2, 0.25) is 0 Å². The first kappa shape index (κ1) is 16.1. The van der Waals surface area contributed by atoms with Crippen LogP contribution in [0.4, 0.5) is 4.79 Å². The topological polar surface area (TPSA) is 128 Å². The Kier molecular flexibility index (Phi) is 6.46. The van der Waals surface area contributed by atoms with E-state index in [2.05, 4.69) is 5.32 Å². The van der Waals surface area contributed by atoms with Crippen molar-refractivity contribution in [3.05, 3.63) is 0 Å². The second-order valence-corrected chi connectivity index (χ2v) is 4.38. The molecule has 19 heavy (non-hydrogen) atoms. The number of carbonyl (C=O) groups is 1. The maximum atomic E-state index is 11.4. The molecule has 0 aromatic rings. The quantitative estimate of drug-likeness (QED) is 0.380. The second-order valence-electron chi connectivity index (χ2n) is 4.38. The molecule has 5 N–H and O–H groups in total. The number of aliphatic hydroxyl groups is 4. The highest BCUT2D eigenvalue weighted by molar-refractivity contribution is 5.67. The van der Waals surface area contributed by atoms with Crippen molar-refractivity contribution in [3.8, 4) is 0 Å². The molecule has 8 heteroatoms. The van der Waals surface area contributed by atoms with E-state index in [9.17, 15) is 20.1 Å². The van der Waals surface area contributed by atoms with E-state index >= 15 is 0 Å². The summed E-state index contributed by atoms with van der Waals surface area (Å²) in [5, 5.41) is 39.9. The predicted molar refractivity (Wildman–Crippen MR) is 63.2 cm³/mol. The van der Waals surface area contributed by atoms with Crippen molar-refractivity contribution in [3.63, 3.8) is 0 Å². The summed E-state index contributed by atoms with van der Waals surface area (Å²) in [6.45, 7) is 1.63. The lowest BCUT2D eigenvalue weighted by Gasteiger charge is -2.39. The Balaban J connectivity index is 2.49. The second kappa shape index (κ2) is 7.61. The van der Waals surface area contributed by atoms with E-state index < -0.39 is 43.3 Å². The number of aliphatic hydroxyl groups excluding tert-OH is 4. The molecular weight excluding hydrogens is 258 g/mol. The van der Waals surface area contributed by atoms with Gasteiger partial charge in [-0.25, -0.2) is 4.79 Å². The van der Waals surface area contributed by atoms with Crippen molar-refractivity contribution in [2.45, 2.75) is 50.4 Å². The van der Waals surface area contributed by atoms with Crippen LogP contribution in [0.2, 0.25) is 0 Å². The van der Waals surface area contributed by atoms with E-state index in [0.717, 1.165) is 6.42 Å². The van der Waals surface area contributed by atoms with Crippen LogP contribution in [0.15, 0.2) is 0 Å². The minimum Gasteiger partial charge on any atom is -0.450 e. The summed E-state index contributed by atoms with van der Waals surface area (Å²) in [4.78, 5) is 11.4. The molecule has 0 unspecified atom stereocenters. The molecule has 0 aromatic carbocycles. The van der Waals surface area contributed by atoms with E-state index in [4.69, 9.17) is 14.6 Å². The lowest BCUT2D eigenvalue weighted by molar-refractivity contribution is -0.234. The zero-order valence-electron chi connectivity index (χ0n) is 10.7. The highest BCUT2D eigenvalue weighted by Crippen LogP contribution is 2.19. The van der Waals surface area contributed by atoms with Crippen LogP contribution in [-0.4, -0.2) is 70.4 Å². The average Bonchev–Trinajstić information content (AvgIpc) is 2.39. The van der Waals surface area contributed by atoms with Crippen LogP contribution < -0.4 is 5.32 Å². The molecule has 0 saturated carbocycles. The van der Waals surface area contributed by atoms with Crippen molar-refractivity contribution in [2.75, 3.05) is 13.2 Å². The molecule has 1 rings (SSSR count). The minimum atomic E-state index is -1.52. The Hall–Kier alpha value is -0.930. The van der Waals surface area contributed by atoms with E-state index in [1.54, 1.807) is 0 Å². The van der Waals surface area contributed by atoms with Gasteiger partial charge in [0.1, 0.15) is 24.4 Å². The number of ether oxygens (including phenoxy) is 2. The number of amides is 1. The number of unbranched alkanes of at least 4 members (excludes halogenated alkanes) is 1. The number of alkyl carbamates (subject to hydrolysis) is 1. The molecule has 5 atom stereocenters. The van der Waals surface area contributed by atoms with Crippen molar-refractivity contribution in [1.82, 2.24) is 5.32 Å². The lowest BCUT2D eigenvalue weighted by Crippen LogP contribution is -2.63. The van der Waals surface area contributed by atoms with Crippen LogP contribution in [0.1, 0.15) is 19.8 Å². The summed E-state index contributed by atoms with van der Waals surface area (Å²) in [5.74, 6) is 0. The Morgan fingerprint density at radius 2 is 1.95 bits per heavy atom. The largest absolute Gasteiger partial charge is 0.450 e. The molecule has 0 aromatic heterocycles. The normalized spacial score (nSPS) is 34.9. The molecule has 0 aliphatic carbocycles. The lowest BCUT2D eigenvalue weighted by atomic mass is 9.98. The summed E-state index contributed by atoms with van der Waals surface area (Å²) in [6.07, 6.45) is -5.99. The van der Waals surface area contributed by atoms with Gasteiger partial charge in [-0.3, -0.25) is 5.32 Å². The smallest absolute Gasteiger partial charge is 0.409 e. The van der Waals surface area contributed by atoms with Gasteiger partial charge < -0.3 is 29.9 Å². The molecule has 1 aliphatic heterocycles. The third-order valence-corrected chi connectivity index (χ3v) is 2.88. The average molecular weight is 279 g/mol. The molecule has 1 fully saturated rings. The van der Waals surface area contributed by atoms with Crippen molar-refractivity contribution < 1.29 is 34.7 Å².